The SMILES string of the molecule is CN1C(=O)[C@@H]2[C@@H](C3CCCC3)NC[C@H]2C1=O. The minimum atomic E-state index is -0.0805. The normalized spacial score (nSPS) is 39.8. The molecule has 0 aromatic heterocycles. The summed E-state index contributed by atoms with van der Waals surface area (Å²) in [5.41, 5.74) is 0. The highest BCUT2D eigenvalue weighted by Crippen LogP contribution is 2.40. The maximum atomic E-state index is 12.0. The van der Waals surface area contributed by atoms with Crippen LogP contribution in [0.3, 0.4) is 0 Å². The van der Waals surface area contributed by atoms with Crippen molar-refractivity contribution in [3.05, 3.63) is 0 Å². The first-order valence-corrected chi connectivity index (χ1v) is 6.25. The number of nitrogens with zero attached hydrogens (tertiary/aromatic N) is 1. The fourth-order valence-electron chi connectivity index (χ4n) is 3.69. The second kappa shape index (κ2) is 3.55. The smallest absolute Gasteiger partial charge is 0.234 e. The van der Waals surface area contributed by atoms with Crippen molar-refractivity contribution in [1.29, 1.82) is 0 Å². The van der Waals surface area contributed by atoms with Crippen molar-refractivity contribution in [1.82, 2.24) is 10.2 Å². The molecule has 4 nitrogen and oxygen atoms in total. The van der Waals surface area contributed by atoms with Gasteiger partial charge in [0.05, 0.1) is 11.8 Å². The molecule has 0 aromatic carbocycles. The Bertz CT molecular complexity index is 336. The number of nitrogens with one attached hydrogen (secondary N) is 1. The molecule has 3 rings (SSSR count). The molecule has 0 unspecified atom stereocenters. The Morgan fingerprint density at radius 1 is 1.19 bits per heavy atom. The molecular formula is C12H18N2O2. The molecule has 0 aromatic rings. The van der Waals surface area contributed by atoms with Gasteiger partial charge in [0.15, 0.2) is 0 Å². The number of carbonyl (C=O) groups excluding carboxylic acids is 2. The maximum Gasteiger partial charge on any atom is 0.234 e. The highest BCUT2D eigenvalue weighted by molar-refractivity contribution is 6.05. The fraction of sp³-hybridized carbons (Fsp3) is 0.833. The molecule has 0 bridgehead atoms. The Morgan fingerprint density at radius 2 is 1.88 bits per heavy atom. The van der Waals surface area contributed by atoms with Crippen molar-refractivity contribution in [3.63, 3.8) is 0 Å². The van der Waals surface area contributed by atoms with Crippen LogP contribution >= 0.6 is 0 Å². The van der Waals surface area contributed by atoms with Crippen LogP contribution in [0.15, 0.2) is 0 Å². The van der Waals surface area contributed by atoms with Gasteiger partial charge in [-0.15, -0.1) is 0 Å². The van der Waals surface area contributed by atoms with Gasteiger partial charge in [0, 0.05) is 19.6 Å². The molecule has 0 radical (unpaired) electrons. The molecule has 3 atom stereocenters. The largest absolute Gasteiger partial charge is 0.312 e. The van der Waals surface area contributed by atoms with Gasteiger partial charge in [0.1, 0.15) is 0 Å². The van der Waals surface area contributed by atoms with Crippen molar-refractivity contribution >= 4 is 11.8 Å². The molecule has 88 valence electrons. The first-order chi connectivity index (χ1) is 7.70. The third-order valence-electron chi connectivity index (χ3n) is 4.57. The third kappa shape index (κ3) is 1.25. The number of amides is 2. The van der Waals surface area contributed by atoms with Crippen LogP contribution < -0.4 is 5.32 Å². The van der Waals surface area contributed by atoms with Crippen LogP contribution in [0.25, 0.3) is 0 Å². The zero-order chi connectivity index (χ0) is 11.3. The number of imide groups is 1. The summed E-state index contributed by atoms with van der Waals surface area (Å²) in [6.07, 6.45) is 4.98. The summed E-state index contributed by atoms with van der Waals surface area (Å²) < 4.78 is 0. The Morgan fingerprint density at radius 3 is 2.56 bits per heavy atom. The lowest BCUT2D eigenvalue weighted by atomic mass is 9.84. The van der Waals surface area contributed by atoms with Crippen LogP contribution in [-0.4, -0.2) is 36.3 Å². The van der Waals surface area contributed by atoms with Gasteiger partial charge in [-0.05, 0) is 18.8 Å². The average Bonchev–Trinajstić information content (AvgIpc) is 2.96. The van der Waals surface area contributed by atoms with Crippen LogP contribution in [0.5, 0.6) is 0 Å². The van der Waals surface area contributed by atoms with E-state index in [0.29, 0.717) is 12.5 Å². The zero-order valence-corrected chi connectivity index (χ0v) is 9.61. The van der Waals surface area contributed by atoms with Gasteiger partial charge in [-0.25, -0.2) is 0 Å². The van der Waals surface area contributed by atoms with E-state index in [9.17, 15) is 9.59 Å². The van der Waals surface area contributed by atoms with Crippen molar-refractivity contribution in [2.24, 2.45) is 17.8 Å². The van der Waals surface area contributed by atoms with Crippen LogP contribution in [-0.2, 0) is 9.59 Å². The number of fused-ring (bicyclic) bond motifs is 1. The maximum absolute atomic E-state index is 12.0. The molecule has 3 fully saturated rings. The Labute approximate surface area is 95.4 Å². The standard InChI is InChI=1S/C12H18N2O2/c1-14-11(15)8-6-13-10(9(8)12(14)16)7-4-2-3-5-7/h7-10,13H,2-6H2,1H3/t8-,9+,10-/m1/s1. The summed E-state index contributed by atoms with van der Waals surface area (Å²) in [4.78, 5) is 25.2. The van der Waals surface area contributed by atoms with E-state index in [2.05, 4.69) is 5.32 Å². The van der Waals surface area contributed by atoms with Gasteiger partial charge in [-0.2, -0.15) is 0 Å². The molecule has 2 aliphatic heterocycles. The Balaban J connectivity index is 1.84. The zero-order valence-electron chi connectivity index (χ0n) is 9.61. The summed E-state index contributed by atoms with van der Waals surface area (Å²) >= 11 is 0. The monoisotopic (exact) mass is 222 g/mol. The molecule has 0 spiro atoms. The van der Waals surface area contributed by atoms with Gasteiger partial charge < -0.3 is 5.32 Å². The van der Waals surface area contributed by atoms with E-state index in [0.717, 1.165) is 0 Å². The van der Waals surface area contributed by atoms with Gasteiger partial charge in [-0.1, -0.05) is 12.8 Å². The molecule has 3 aliphatic rings. The Kier molecular flexibility index (Phi) is 2.28. The number of hydrogen-bond donors (Lipinski definition) is 1. The van der Waals surface area contributed by atoms with Crippen molar-refractivity contribution < 1.29 is 9.59 Å². The van der Waals surface area contributed by atoms with Crippen molar-refractivity contribution in [3.8, 4) is 0 Å². The first kappa shape index (κ1) is 10.3. The minimum absolute atomic E-state index is 0.0167. The van der Waals surface area contributed by atoms with Gasteiger partial charge in [-0.3, -0.25) is 14.5 Å². The second-order valence-electron chi connectivity index (χ2n) is 5.35. The van der Waals surface area contributed by atoms with E-state index >= 15 is 0 Å². The number of likely N-dealkylation sites (tertiary alicyclic amines) is 1. The quantitative estimate of drug-likeness (QED) is 0.652. The molecule has 1 saturated carbocycles. The summed E-state index contributed by atoms with van der Waals surface area (Å²) in [7, 11) is 1.62. The van der Waals surface area contributed by atoms with E-state index in [1.54, 1.807) is 7.05 Å². The molecular weight excluding hydrogens is 204 g/mol. The molecule has 4 heteroatoms. The topological polar surface area (TPSA) is 49.4 Å². The van der Waals surface area contributed by atoms with Crippen LogP contribution in [0.2, 0.25) is 0 Å². The molecule has 2 saturated heterocycles. The van der Waals surface area contributed by atoms with Crippen LogP contribution in [0.1, 0.15) is 25.7 Å². The van der Waals surface area contributed by atoms with Gasteiger partial charge >= 0.3 is 0 Å². The molecule has 16 heavy (non-hydrogen) atoms. The van der Waals surface area contributed by atoms with E-state index in [4.69, 9.17) is 0 Å². The lowest BCUT2D eigenvalue weighted by Crippen LogP contribution is -2.40. The van der Waals surface area contributed by atoms with E-state index in [1.807, 2.05) is 0 Å². The Hall–Kier alpha value is -0.900. The van der Waals surface area contributed by atoms with Gasteiger partial charge in [0.2, 0.25) is 11.8 Å². The predicted molar refractivity (Wildman–Crippen MR) is 58.5 cm³/mol. The fourth-order valence-corrected chi connectivity index (χ4v) is 3.69. The number of carbonyl (C=O) groups is 2. The van der Waals surface area contributed by atoms with E-state index in [-0.39, 0.29) is 29.7 Å². The lowest BCUT2D eigenvalue weighted by Gasteiger charge is -2.23. The van der Waals surface area contributed by atoms with Crippen molar-refractivity contribution in [2.75, 3.05) is 13.6 Å². The second-order valence-corrected chi connectivity index (χ2v) is 5.35. The molecule has 1 N–H and O–H groups in total. The molecule has 2 heterocycles. The average molecular weight is 222 g/mol. The van der Waals surface area contributed by atoms with Gasteiger partial charge in [0.25, 0.3) is 0 Å². The number of hydrogen-bond acceptors (Lipinski definition) is 3. The highest BCUT2D eigenvalue weighted by Gasteiger charge is 2.54. The summed E-state index contributed by atoms with van der Waals surface area (Å²) in [6, 6.07) is 0.258. The molecule has 2 amide bonds. The summed E-state index contributed by atoms with van der Waals surface area (Å²) in [5.74, 6) is 0.516. The highest BCUT2D eigenvalue weighted by atomic mass is 16.2. The van der Waals surface area contributed by atoms with Crippen molar-refractivity contribution in [2.45, 2.75) is 31.7 Å². The van der Waals surface area contributed by atoms with E-state index < -0.39 is 0 Å². The third-order valence-corrected chi connectivity index (χ3v) is 4.57. The summed E-state index contributed by atoms with van der Waals surface area (Å²) in [5, 5.41) is 3.41. The van der Waals surface area contributed by atoms with Crippen LogP contribution in [0, 0.1) is 17.8 Å². The minimum Gasteiger partial charge on any atom is -0.312 e. The van der Waals surface area contributed by atoms with E-state index in [1.165, 1.54) is 30.6 Å². The predicted octanol–water partition coefficient (Wildman–Crippen LogP) is 0.379. The summed E-state index contributed by atoms with van der Waals surface area (Å²) in [6.45, 7) is 0.695. The number of rotatable bonds is 1. The lowest BCUT2D eigenvalue weighted by molar-refractivity contribution is -0.138. The molecule has 1 aliphatic carbocycles. The van der Waals surface area contributed by atoms with Crippen LogP contribution in [0.4, 0.5) is 0 Å². The first-order valence-electron chi connectivity index (χ1n) is 6.25.